The number of thiophene rings is 1. The second-order valence-corrected chi connectivity index (χ2v) is 7.23. The molecule has 0 unspecified atom stereocenters. The summed E-state index contributed by atoms with van der Waals surface area (Å²) in [5.74, 6) is 1.06. The van der Waals surface area contributed by atoms with Crippen LogP contribution in [0.15, 0.2) is 40.6 Å². The van der Waals surface area contributed by atoms with E-state index in [2.05, 4.69) is 0 Å². The fourth-order valence-corrected chi connectivity index (χ4v) is 4.16. The van der Waals surface area contributed by atoms with Gasteiger partial charge in [-0.1, -0.05) is 30.0 Å². The number of rotatable bonds is 4. The normalized spacial score (nSPS) is 16.3. The van der Waals surface area contributed by atoms with Gasteiger partial charge < -0.3 is 9.47 Å². The van der Waals surface area contributed by atoms with Gasteiger partial charge in [-0.3, -0.25) is 9.69 Å². The maximum absolute atomic E-state index is 12.7. The summed E-state index contributed by atoms with van der Waals surface area (Å²) < 4.78 is 11.1. The number of hydrogen-bond donors (Lipinski definition) is 0. The van der Waals surface area contributed by atoms with Gasteiger partial charge in [-0.05, 0) is 29.7 Å². The third kappa shape index (κ3) is 3.12. The number of methoxy groups -OCH3 is 2. The fourth-order valence-electron chi connectivity index (χ4n) is 2.15. The van der Waals surface area contributed by atoms with E-state index in [-0.39, 0.29) is 5.91 Å². The number of thioether (sulfide) groups is 1. The Balaban J connectivity index is 1.98. The largest absolute Gasteiger partial charge is 0.497 e. The molecule has 0 spiro atoms. The number of carbonyl (C=O) groups excluding carboxylic acids is 1. The highest BCUT2D eigenvalue weighted by Gasteiger charge is 2.35. The topological polar surface area (TPSA) is 38.8 Å². The number of anilines is 1. The molecule has 1 fully saturated rings. The van der Waals surface area contributed by atoms with E-state index >= 15 is 0 Å². The van der Waals surface area contributed by atoms with E-state index in [4.69, 9.17) is 21.7 Å². The van der Waals surface area contributed by atoms with Gasteiger partial charge in [0.2, 0.25) is 0 Å². The molecule has 1 aromatic heterocycles. The minimum absolute atomic E-state index is 0.142. The Bertz CT molecular complexity index is 784. The summed E-state index contributed by atoms with van der Waals surface area (Å²) >= 11 is 8.26. The summed E-state index contributed by atoms with van der Waals surface area (Å²) in [6.07, 6.45) is 1.86. The second-order valence-electron chi connectivity index (χ2n) is 4.57. The minimum atomic E-state index is -0.142. The summed E-state index contributed by atoms with van der Waals surface area (Å²) in [5, 5.41) is 1.97. The Morgan fingerprint density at radius 1 is 1.22 bits per heavy atom. The molecule has 0 bridgehead atoms. The van der Waals surface area contributed by atoms with Gasteiger partial charge in [0.05, 0.1) is 24.8 Å². The first kappa shape index (κ1) is 16.0. The average molecular weight is 363 g/mol. The number of amides is 1. The molecule has 7 heteroatoms. The molecule has 3 rings (SSSR count). The first-order chi connectivity index (χ1) is 11.1. The molecule has 23 heavy (non-hydrogen) atoms. The van der Waals surface area contributed by atoms with Crippen molar-refractivity contribution in [3.05, 3.63) is 45.5 Å². The molecule has 0 aliphatic carbocycles. The van der Waals surface area contributed by atoms with Gasteiger partial charge in [-0.2, -0.15) is 0 Å². The molecule has 1 aromatic carbocycles. The molecular weight excluding hydrogens is 350 g/mol. The first-order valence-electron chi connectivity index (χ1n) is 6.67. The lowest BCUT2D eigenvalue weighted by Gasteiger charge is -2.18. The summed E-state index contributed by atoms with van der Waals surface area (Å²) in [6, 6.07) is 9.20. The highest BCUT2D eigenvalue weighted by molar-refractivity contribution is 8.27. The van der Waals surface area contributed by atoms with Crippen molar-refractivity contribution in [3.63, 3.8) is 0 Å². The molecule has 0 N–H and O–H groups in total. The van der Waals surface area contributed by atoms with Crippen molar-refractivity contribution < 1.29 is 14.3 Å². The Labute approximate surface area is 147 Å². The van der Waals surface area contributed by atoms with Crippen molar-refractivity contribution in [2.24, 2.45) is 0 Å². The lowest BCUT2D eigenvalue weighted by atomic mass is 10.2. The van der Waals surface area contributed by atoms with E-state index in [0.29, 0.717) is 26.4 Å². The third-order valence-electron chi connectivity index (χ3n) is 3.24. The molecule has 4 nitrogen and oxygen atoms in total. The average Bonchev–Trinajstić information content (AvgIpc) is 3.16. The molecule has 0 radical (unpaired) electrons. The van der Waals surface area contributed by atoms with Gasteiger partial charge >= 0.3 is 0 Å². The lowest BCUT2D eigenvalue weighted by Crippen LogP contribution is -2.27. The molecule has 1 aliphatic rings. The van der Waals surface area contributed by atoms with Gasteiger partial charge in [0.15, 0.2) is 4.32 Å². The van der Waals surface area contributed by atoms with Crippen LogP contribution in [0, 0.1) is 0 Å². The van der Waals surface area contributed by atoms with E-state index < -0.39 is 0 Å². The zero-order chi connectivity index (χ0) is 16.4. The van der Waals surface area contributed by atoms with E-state index in [9.17, 15) is 4.79 Å². The van der Waals surface area contributed by atoms with Crippen molar-refractivity contribution in [1.29, 1.82) is 0 Å². The van der Waals surface area contributed by atoms with Crippen LogP contribution in [0.2, 0.25) is 0 Å². The fraction of sp³-hybridized carbons (Fsp3) is 0.125. The van der Waals surface area contributed by atoms with Crippen LogP contribution in [-0.4, -0.2) is 24.4 Å². The number of benzene rings is 1. The number of ether oxygens (including phenoxy) is 2. The van der Waals surface area contributed by atoms with Crippen molar-refractivity contribution in [3.8, 4) is 11.5 Å². The predicted molar refractivity (Wildman–Crippen MR) is 99.5 cm³/mol. The van der Waals surface area contributed by atoms with Crippen LogP contribution < -0.4 is 14.4 Å². The highest BCUT2D eigenvalue weighted by Crippen LogP contribution is 2.41. The van der Waals surface area contributed by atoms with Crippen LogP contribution in [0.25, 0.3) is 6.08 Å². The molecular formula is C16H13NO3S3. The summed E-state index contributed by atoms with van der Waals surface area (Å²) in [5.41, 5.74) is 0.616. The summed E-state index contributed by atoms with van der Waals surface area (Å²) in [6.45, 7) is 0. The monoisotopic (exact) mass is 363 g/mol. The molecule has 1 aliphatic heterocycles. The van der Waals surface area contributed by atoms with Gasteiger partial charge in [0, 0.05) is 10.9 Å². The molecule has 1 saturated heterocycles. The van der Waals surface area contributed by atoms with Crippen molar-refractivity contribution in [1.82, 2.24) is 0 Å². The summed E-state index contributed by atoms with van der Waals surface area (Å²) in [7, 11) is 3.13. The van der Waals surface area contributed by atoms with Gasteiger partial charge in [0.25, 0.3) is 5.91 Å². The molecule has 118 valence electrons. The second kappa shape index (κ2) is 6.74. The maximum Gasteiger partial charge on any atom is 0.270 e. The minimum Gasteiger partial charge on any atom is -0.497 e. The number of carbonyl (C=O) groups is 1. The number of hydrogen-bond acceptors (Lipinski definition) is 6. The third-order valence-corrected chi connectivity index (χ3v) is 5.36. The Morgan fingerprint density at radius 2 is 2.04 bits per heavy atom. The van der Waals surface area contributed by atoms with Crippen LogP contribution in [0.3, 0.4) is 0 Å². The van der Waals surface area contributed by atoms with Crippen molar-refractivity contribution >= 4 is 57.3 Å². The highest BCUT2D eigenvalue weighted by atomic mass is 32.2. The SMILES string of the molecule is COc1ccc(N2C(=O)/C(=C\c3cccs3)SC2=S)c(OC)c1. The molecule has 2 heterocycles. The van der Waals surface area contributed by atoms with Gasteiger partial charge in [-0.15, -0.1) is 11.3 Å². The predicted octanol–water partition coefficient (Wildman–Crippen LogP) is 4.17. The van der Waals surface area contributed by atoms with Gasteiger partial charge in [0.1, 0.15) is 11.5 Å². The van der Waals surface area contributed by atoms with Gasteiger partial charge in [-0.25, -0.2) is 0 Å². The Morgan fingerprint density at radius 3 is 2.70 bits per heavy atom. The van der Waals surface area contributed by atoms with Crippen LogP contribution in [0.4, 0.5) is 5.69 Å². The molecule has 2 aromatic rings. The van der Waals surface area contributed by atoms with E-state index in [0.717, 1.165) is 4.88 Å². The molecule has 0 atom stereocenters. The van der Waals surface area contributed by atoms with E-state index in [1.54, 1.807) is 43.8 Å². The lowest BCUT2D eigenvalue weighted by molar-refractivity contribution is -0.113. The Kier molecular flexibility index (Phi) is 4.70. The van der Waals surface area contributed by atoms with Crippen LogP contribution in [0.1, 0.15) is 4.88 Å². The van der Waals surface area contributed by atoms with E-state index in [1.165, 1.54) is 16.7 Å². The molecule has 1 amide bonds. The summed E-state index contributed by atoms with van der Waals surface area (Å²) in [4.78, 5) is 15.9. The van der Waals surface area contributed by atoms with E-state index in [1.807, 2.05) is 23.6 Å². The zero-order valence-electron chi connectivity index (χ0n) is 12.4. The van der Waals surface area contributed by atoms with Crippen molar-refractivity contribution in [2.45, 2.75) is 0 Å². The van der Waals surface area contributed by atoms with Crippen LogP contribution in [-0.2, 0) is 4.79 Å². The standard InChI is InChI=1S/C16H13NO3S3/c1-19-10-5-6-12(13(8-10)20-2)17-15(18)14(23-16(17)21)9-11-4-3-7-22-11/h3-9H,1-2H3/b14-9+. The van der Waals surface area contributed by atoms with Crippen molar-refractivity contribution in [2.75, 3.05) is 19.1 Å². The smallest absolute Gasteiger partial charge is 0.270 e. The number of nitrogens with zero attached hydrogens (tertiary/aromatic N) is 1. The Hall–Kier alpha value is -1.83. The van der Waals surface area contributed by atoms with Crippen LogP contribution >= 0.6 is 35.3 Å². The quantitative estimate of drug-likeness (QED) is 0.602. The maximum atomic E-state index is 12.7. The number of thiocarbonyl (C=S) groups is 1. The van der Waals surface area contributed by atoms with Crippen LogP contribution in [0.5, 0.6) is 11.5 Å². The first-order valence-corrected chi connectivity index (χ1v) is 8.78. The molecule has 0 saturated carbocycles. The zero-order valence-corrected chi connectivity index (χ0v) is 14.9.